The molecule has 1 aromatic heterocycles. The lowest BCUT2D eigenvalue weighted by atomic mass is 10.1. The Balaban J connectivity index is 0.00000225. The van der Waals surface area contributed by atoms with E-state index >= 15 is 0 Å². The Morgan fingerprint density at radius 1 is 1.21 bits per heavy atom. The molecule has 1 saturated carbocycles. The van der Waals surface area contributed by atoms with E-state index in [0.717, 1.165) is 50.2 Å². The number of halogens is 1. The van der Waals surface area contributed by atoms with E-state index in [1.54, 1.807) is 0 Å². The Morgan fingerprint density at radius 2 is 1.96 bits per heavy atom. The second-order valence-corrected chi connectivity index (χ2v) is 7.46. The van der Waals surface area contributed by atoms with Gasteiger partial charge in [-0.1, -0.05) is 11.3 Å². The number of rotatable bonds is 5. The number of anilines is 1. The zero-order chi connectivity index (χ0) is 18.6. The molecule has 2 fully saturated rings. The van der Waals surface area contributed by atoms with Crippen molar-refractivity contribution in [2.75, 3.05) is 18.4 Å². The predicted octanol–water partition coefficient (Wildman–Crippen LogP) is 3.51. The van der Waals surface area contributed by atoms with Crippen molar-refractivity contribution in [1.29, 1.82) is 0 Å². The highest BCUT2D eigenvalue weighted by Gasteiger charge is 2.23. The quantitative estimate of drug-likeness (QED) is 0.795. The molecular formula is C20H28ClN5O2. The van der Waals surface area contributed by atoms with E-state index in [9.17, 15) is 4.79 Å². The van der Waals surface area contributed by atoms with Gasteiger partial charge in [-0.05, 0) is 70.7 Å². The van der Waals surface area contributed by atoms with Crippen molar-refractivity contribution in [2.45, 2.75) is 57.6 Å². The van der Waals surface area contributed by atoms with Gasteiger partial charge in [-0.15, -0.1) is 17.5 Å². The Labute approximate surface area is 171 Å². The second-order valence-electron chi connectivity index (χ2n) is 7.46. The SMILES string of the molecule is Cc1c(C(=O)Nc2cccc(OC3CCCC3)c2)nnn1C1CCNCC1.Cl. The summed E-state index contributed by atoms with van der Waals surface area (Å²) in [6, 6.07) is 7.89. The molecule has 2 N–H and O–H groups in total. The van der Waals surface area contributed by atoms with Gasteiger partial charge < -0.3 is 15.4 Å². The van der Waals surface area contributed by atoms with Crippen LogP contribution in [0.4, 0.5) is 5.69 Å². The Morgan fingerprint density at radius 3 is 2.71 bits per heavy atom. The monoisotopic (exact) mass is 405 g/mol. The maximum Gasteiger partial charge on any atom is 0.278 e. The van der Waals surface area contributed by atoms with Gasteiger partial charge >= 0.3 is 0 Å². The number of benzene rings is 1. The number of carbonyl (C=O) groups is 1. The first-order chi connectivity index (χ1) is 13.2. The summed E-state index contributed by atoms with van der Waals surface area (Å²) in [5.74, 6) is 0.570. The molecule has 1 aromatic carbocycles. The highest BCUT2D eigenvalue weighted by molar-refractivity contribution is 6.03. The van der Waals surface area contributed by atoms with E-state index in [2.05, 4.69) is 20.9 Å². The van der Waals surface area contributed by atoms with E-state index < -0.39 is 0 Å². The minimum absolute atomic E-state index is 0. The fourth-order valence-corrected chi connectivity index (χ4v) is 3.98. The highest BCUT2D eigenvalue weighted by Crippen LogP contribution is 2.26. The van der Waals surface area contributed by atoms with Crippen molar-refractivity contribution in [3.63, 3.8) is 0 Å². The number of nitrogens with zero attached hydrogens (tertiary/aromatic N) is 3. The molecule has 2 aromatic rings. The Kier molecular flexibility index (Phi) is 6.91. The molecule has 7 nitrogen and oxygen atoms in total. The first kappa shape index (κ1) is 20.6. The number of nitrogens with one attached hydrogen (secondary N) is 2. The molecule has 0 spiro atoms. The molecule has 1 aliphatic carbocycles. The molecule has 8 heteroatoms. The summed E-state index contributed by atoms with van der Waals surface area (Å²) in [5, 5.41) is 14.7. The van der Waals surface area contributed by atoms with E-state index in [-0.39, 0.29) is 18.3 Å². The highest BCUT2D eigenvalue weighted by atomic mass is 35.5. The number of aromatic nitrogens is 3. The van der Waals surface area contributed by atoms with Crippen molar-refractivity contribution in [3.05, 3.63) is 35.7 Å². The molecule has 0 radical (unpaired) electrons. The molecule has 2 heterocycles. The smallest absolute Gasteiger partial charge is 0.278 e. The van der Waals surface area contributed by atoms with Crippen molar-refractivity contribution in [2.24, 2.45) is 0 Å². The standard InChI is InChI=1S/C20H27N5O2.ClH/c1-14-19(23-24-25(14)16-9-11-21-12-10-16)20(26)22-15-5-4-8-18(13-15)27-17-6-2-3-7-17;/h4-5,8,13,16-17,21H,2-3,6-7,9-12H2,1H3,(H,22,26);1H. The van der Waals surface area contributed by atoms with E-state index in [1.165, 1.54) is 12.8 Å². The molecule has 0 unspecified atom stereocenters. The molecule has 0 atom stereocenters. The number of piperidine rings is 1. The summed E-state index contributed by atoms with van der Waals surface area (Å²) in [5.41, 5.74) is 1.92. The van der Waals surface area contributed by atoms with E-state index in [1.807, 2.05) is 35.9 Å². The first-order valence-electron chi connectivity index (χ1n) is 9.91. The lowest BCUT2D eigenvalue weighted by Gasteiger charge is -2.23. The minimum atomic E-state index is -0.231. The topological polar surface area (TPSA) is 81.1 Å². The second kappa shape index (κ2) is 9.39. The zero-order valence-corrected chi connectivity index (χ0v) is 17.0. The maximum absolute atomic E-state index is 12.7. The molecular weight excluding hydrogens is 378 g/mol. The van der Waals surface area contributed by atoms with Crippen LogP contribution in [0, 0.1) is 6.92 Å². The summed E-state index contributed by atoms with van der Waals surface area (Å²) >= 11 is 0. The summed E-state index contributed by atoms with van der Waals surface area (Å²) in [7, 11) is 0. The lowest BCUT2D eigenvalue weighted by Crippen LogP contribution is -2.30. The predicted molar refractivity (Wildman–Crippen MR) is 110 cm³/mol. The molecule has 1 amide bonds. The van der Waals surface area contributed by atoms with Crippen LogP contribution in [0.5, 0.6) is 5.75 Å². The first-order valence-corrected chi connectivity index (χ1v) is 9.91. The van der Waals surface area contributed by atoms with Crippen molar-refractivity contribution in [3.8, 4) is 5.75 Å². The molecule has 4 rings (SSSR count). The van der Waals surface area contributed by atoms with E-state index in [4.69, 9.17) is 4.74 Å². The third kappa shape index (κ3) is 4.64. The summed E-state index contributed by atoms with van der Waals surface area (Å²) in [6.45, 7) is 3.86. The lowest BCUT2D eigenvalue weighted by molar-refractivity contribution is 0.102. The molecule has 2 aliphatic rings. The van der Waals surface area contributed by atoms with Crippen molar-refractivity contribution >= 4 is 24.0 Å². The van der Waals surface area contributed by atoms with Gasteiger partial charge in [0, 0.05) is 11.8 Å². The molecule has 28 heavy (non-hydrogen) atoms. The Hall–Kier alpha value is -2.12. The zero-order valence-electron chi connectivity index (χ0n) is 16.2. The van der Waals surface area contributed by atoms with Gasteiger partial charge in [0.1, 0.15) is 5.75 Å². The molecule has 152 valence electrons. The number of ether oxygens (including phenoxy) is 1. The average Bonchev–Trinajstić information content (AvgIpc) is 3.32. The fourth-order valence-electron chi connectivity index (χ4n) is 3.98. The minimum Gasteiger partial charge on any atom is -0.490 e. The van der Waals surface area contributed by atoms with Crippen LogP contribution in [-0.4, -0.2) is 40.1 Å². The van der Waals surface area contributed by atoms with Crippen molar-refractivity contribution < 1.29 is 9.53 Å². The summed E-state index contributed by atoms with van der Waals surface area (Å²) < 4.78 is 7.92. The molecule has 1 aliphatic heterocycles. The van der Waals surface area contributed by atoms with Crippen LogP contribution in [-0.2, 0) is 0 Å². The maximum atomic E-state index is 12.7. The van der Waals surface area contributed by atoms with Crippen LogP contribution in [0.1, 0.15) is 60.7 Å². The van der Waals surface area contributed by atoms with Gasteiger partial charge in [0.15, 0.2) is 5.69 Å². The van der Waals surface area contributed by atoms with Crippen LogP contribution in [0.25, 0.3) is 0 Å². The van der Waals surface area contributed by atoms with Crippen LogP contribution in [0.2, 0.25) is 0 Å². The van der Waals surface area contributed by atoms with Gasteiger partial charge in [-0.2, -0.15) is 0 Å². The average molecular weight is 406 g/mol. The Bertz CT molecular complexity index is 798. The molecule has 1 saturated heterocycles. The number of amides is 1. The van der Waals surface area contributed by atoms with E-state index in [0.29, 0.717) is 23.5 Å². The number of hydrogen-bond donors (Lipinski definition) is 2. The third-order valence-electron chi connectivity index (χ3n) is 5.49. The number of carbonyl (C=O) groups excluding carboxylic acids is 1. The van der Waals surface area contributed by atoms with Crippen LogP contribution in [0.15, 0.2) is 24.3 Å². The van der Waals surface area contributed by atoms with Crippen LogP contribution < -0.4 is 15.4 Å². The van der Waals surface area contributed by atoms with Gasteiger partial charge in [0.05, 0.1) is 17.8 Å². The largest absolute Gasteiger partial charge is 0.490 e. The fraction of sp³-hybridized carbons (Fsp3) is 0.550. The summed E-state index contributed by atoms with van der Waals surface area (Å²) in [4.78, 5) is 12.7. The van der Waals surface area contributed by atoms with Crippen molar-refractivity contribution in [1.82, 2.24) is 20.3 Å². The molecule has 0 bridgehead atoms. The van der Waals surface area contributed by atoms with Gasteiger partial charge in [0.25, 0.3) is 5.91 Å². The van der Waals surface area contributed by atoms with Crippen LogP contribution in [0.3, 0.4) is 0 Å². The normalized spacial score (nSPS) is 17.9. The van der Waals surface area contributed by atoms with Crippen LogP contribution >= 0.6 is 12.4 Å². The number of hydrogen-bond acceptors (Lipinski definition) is 5. The third-order valence-corrected chi connectivity index (χ3v) is 5.49. The van der Waals surface area contributed by atoms with Gasteiger partial charge in [0.2, 0.25) is 0 Å². The summed E-state index contributed by atoms with van der Waals surface area (Å²) in [6.07, 6.45) is 6.98. The van der Waals surface area contributed by atoms with Gasteiger partial charge in [-0.3, -0.25) is 4.79 Å². The van der Waals surface area contributed by atoms with Gasteiger partial charge in [-0.25, -0.2) is 4.68 Å².